The van der Waals surface area contributed by atoms with Gasteiger partial charge in [0.25, 0.3) is 10.0 Å². The molecule has 0 unspecified atom stereocenters. The largest absolute Gasteiger partial charge is 0.497 e. The Morgan fingerprint density at radius 1 is 1.18 bits per heavy atom. The minimum absolute atomic E-state index is 0.0327. The molecule has 2 rings (SSSR count). The van der Waals surface area contributed by atoms with Gasteiger partial charge in [0.1, 0.15) is 5.75 Å². The summed E-state index contributed by atoms with van der Waals surface area (Å²) in [5.74, 6) is -0.141. The molecule has 116 valence electrons. The topological polar surface area (TPSA) is 98.5 Å². The van der Waals surface area contributed by atoms with Crippen LogP contribution >= 0.6 is 0 Å². The molecule has 0 aliphatic rings. The molecule has 0 atom stereocenters. The van der Waals surface area contributed by atoms with E-state index < -0.39 is 15.9 Å². The van der Waals surface area contributed by atoms with E-state index in [4.69, 9.17) is 10.5 Å². The van der Waals surface area contributed by atoms with Crippen molar-refractivity contribution in [3.05, 3.63) is 53.6 Å². The van der Waals surface area contributed by atoms with Crippen LogP contribution in [0.25, 0.3) is 0 Å². The Kier molecular flexibility index (Phi) is 4.37. The van der Waals surface area contributed by atoms with Crippen LogP contribution in [0.4, 0.5) is 5.69 Å². The highest BCUT2D eigenvalue weighted by atomic mass is 32.2. The summed E-state index contributed by atoms with van der Waals surface area (Å²) in [5.41, 5.74) is 6.40. The zero-order chi connectivity index (χ0) is 16.3. The van der Waals surface area contributed by atoms with Gasteiger partial charge in [-0.1, -0.05) is 12.1 Å². The van der Waals surface area contributed by atoms with Crippen molar-refractivity contribution in [2.75, 3.05) is 11.8 Å². The zero-order valence-corrected chi connectivity index (χ0v) is 13.0. The maximum Gasteiger partial charge on any atom is 0.261 e. The van der Waals surface area contributed by atoms with Gasteiger partial charge in [0.15, 0.2) is 0 Å². The fraction of sp³-hybridized carbons (Fsp3) is 0.133. The Hall–Kier alpha value is -2.54. The van der Waals surface area contributed by atoms with E-state index in [1.165, 1.54) is 19.2 Å². The molecule has 0 fully saturated rings. The lowest BCUT2D eigenvalue weighted by Gasteiger charge is -2.11. The first kappa shape index (κ1) is 15.8. The molecule has 22 heavy (non-hydrogen) atoms. The molecule has 0 heterocycles. The summed E-state index contributed by atoms with van der Waals surface area (Å²) in [4.78, 5) is 11.3. The van der Waals surface area contributed by atoms with Crippen LogP contribution < -0.4 is 15.2 Å². The van der Waals surface area contributed by atoms with E-state index in [-0.39, 0.29) is 10.5 Å². The molecule has 2 aromatic rings. The summed E-state index contributed by atoms with van der Waals surface area (Å²) in [7, 11) is -2.33. The number of rotatable bonds is 5. The molecule has 6 nitrogen and oxygen atoms in total. The summed E-state index contributed by atoms with van der Waals surface area (Å²) in [6.07, 6.45) is 0. The quantitative estimate of drug-likeness (QED) is 0.879. The van der Waals surface area contributed by atoms with E-state index in [1.54, 1.807) is 37.3 Å². The van der Waals surface area contributed by atoms with Crippen molar-refractivity contribution >= 4 is 21.6 Å². The van der Waals surface area contributed by atoms with Crippen LogP contribution in [-0.4, -0.2) is 21.4 Å². The summed E-state index contributed by atoms with van der Waals surface area (Å²) >= 11 is 0. The zero-order valence-electron chi connectivity index (χ0n) is 12.2. The predicted molar refractivity (Wildman–Crippen MR) is 83.5 cm³/mol. The Morgan fingerprint density at radius 3 is 2.55 bits per heavy atom. The fourth-order valence-electron chi connectivity index (χ4n) is 1.93. The molecule has 0 bridgehead atoms. The molecule has 0 saturated heterocycles. The summed E-state index contributed by atoms with van der Waals surface area (Å²) in [6.45, 7) is 1.69. The van der Waals surface area contributed by atoms with E-state index in [9.17, 15) is 13.2 Å². The summed E-state index contributed by atoms with van der Waals surface area (Å²) < 4.78 is 32.2. The first-order valence-corrected chi connectivity index (χ1v) is 7.89. The molecular formula is C15H16N2O4S. The lowest BCUT2D eigenvalue weighted by Crippen LogP contribution is -2.17. The number of carbonyl (C=O) groups is 1. The average molecular weight is 320 g/mol. The van der Waals surface area contributed by atoms with Crippen molar-refractivity contribution in [3.63, 3.8) is 0 Å². The van der Waals surface area contributed by atoms with E-state index >= 15 is 0 Å². The normalized spacial score (nSPS) is 11.0. The highest BCUT2D eigenvalue weighted by molar-refractivity contribution is 7.92. The third kappa shape index (κ3) is 3.37. The van der Waals surface area contributed by atoms with Crippen LogP contribution in [0, 0.1) is 6.92 Å². The number of aryl methyl sites for hydroxylation is 1. The molecule has 1 amide bonds. The third-order valence-corrected chi connectivity index (χ3v) is 4.49. The molecule has 0 spiro atoms. The van der Waals surface area contributed by atoms with Crippen LogP contribution in [0.5, 0.6) is 5.75 Å². The molecular weight excluding hydrogens is 304 g/mol. The SMILES string of the molecule is COc1cccc(NS(=O)(=O)c2ccc(C)c(C(N)=O)c2)c1. The number of nitrogens with two attached hydrogens (primary N) is 1. The Bertz CT molecular complexity index is 816. The second-order valence-electron chi connectivity index (χ2n) is 4.68. The number of benzene rings is 2. The summed E-state index contributed by atoms with van der Waals surface area (Å²) in [6, 6.07) is 10.8. The second-order valence-corrected chi connectivity index (χ2v) is 6.36. The number of ether oxygens (including phenoxy) is 1. The van der Waals surface area contributed by atoms with Crippen molar-refractivity contribution in [3.8, 4) is 5.75 Å². The van der Waals surface area contributed by atoms with Crippen molar-refractivity contribution in [1.82, 2.24) is 0 Å². The van der Waals surface area contributed by atoms with Crippen LogP contribution in [0.3, 0.4) is 0 Å². The van der Waals surface area contributed by atoms with E-state index in [0.29, 0.717) is 17.0 Å². The van der Waals surface area contributed by atoms with Crippen molar-refractivity contribution in [2.24, 2.45) is 5.73 Å². The van der Waals surface area contributed by atoms with Crippen molar-refractivity contribution < 1.29 is 17.9 Å². The van der Waals surface area contributed by atoms with E-state index in [2.05, 4.69) is 4.72 Å². The molecule has 0 radical (unpaired) electrons. The monoisotopic (exact) mass is 320 g/mol. The maximum absolute atomic E-state index is 12.4. The molecule has 2 aromatic carbocycles. The lowest BCUT2D eigenvalue weighted by molar-refractivity contribution is 0.0999. The minimum Gasteiger partial charge on any atom is -0.497 e. The fourth-order valence-corrected chi connectivity index (χ4v) is 3.01. The predicted octanol–water partition coefficient (Wildman–Crippen LogP) is 1.90. The number of hydrogen-bond acceptors (Lipinski definition) is 4. The summed E-state index contributed by atoms with van der Waals surface area (Å²) in [5, 5.41) is 0. The number of sulfonamides is 1. The molecule has 0 aliphatic heterocycles. The highest BCUT2D eigenvalue weighted by Crippen LogP contribution is 2.22. The Labute approximate surface area is 129 Å². The lowest BCUT2D eigenvalue weighted by atomic mass is 10.1. The van der Waals surface area contributed by atoms with Gasteiger partial charge in [-0.3, -0.25) is 9.52 Å². The number of primary amides is 1. The number of amides is 1. The van der Waals surface area contributed by atoms with Crippen LogP contribution in [0.1, 0.15) is 15.9 Å². The van der Waals surface area contributed by atoms with E-state index in [1.807, 2.05) is 0 Å². The van der Waals surface area contributed by atoms with Crippen LogP contribution in [0.2, 0.25) is 0 Å². The van der Waals surface area contributed by atoms with Gasteiger partial charge in [-0.15, -0.1) is 0 Å². The van der Waals surface area contributed by atoms with Gasteiger partial charge in [0, 0.05) is 11.6 Å². The van der Waals surface area contributed by atoms with Crippen molar-refractivity contribution in [2.45, 2.75) is 11.8 Å². The van der Waals surface area contributed by atoms with Gasteiger partial charge >= 0.3 is 0 Å². The first-order valence-electron chi connectivity index (χ1n) is 6.41. The van der Waals surface area contributed by atoms with Crippen LogP contribution in [-0.2, 0) is 10.0 Å². The van der Waals surface area contributed by atoms with Crippen molar-refractivity contribution in [1.29, 1.82) is 0 Å². The maximum atomic E-state index is 12.4. The van der Waals surface area contributed by atoms with Gasteiger partial charge in [-0.25, -0.2) is 8.42 Å². The van der Waals surface area contributed by atoms with E-state index in [0.717, 1.165) is 0 Å². The number of carbonyl (C=O) groups excluding carboxylic acids is 1. The molecule has 0 saturated carbocycles. The first-order chi connectivity index (χ1) is 10.3. The number of methoxy groups -OCH3 is 1. The van der Waals surface area contributed by atoms with Gasteiger partial charge in [-0.2, -0.15) is 0 Å². The van der Waals surface area contributed by atoms with Gasteiger partial charge in [0.05, 0.1) is 17.7 Å². The molecule has 0 aliphatic carbocycles. The smallest absolute Gasteiger partial charge is 0.261 e. The molecule has 7 heteroatoms. The Balaban J connectivity index is 2.38. The Morgan fingerprint density at radius 2 is 1.91 bits per heavy atom. The number of hydrogen-bond donors (Lipinski definition) is 2. The van der Waals surface area contributed by atoms with Gasteiger partial charge in [-0.05, 0) is 36.8 Å². The number of nitrogens with one attached hydrogen (secondary N) is 1. The number of anilines is 1. The average Bonchev–Trinajstić information content (AvgIpc) is 2.46. The second kappa shape index (κ2) is 6.07. The van der Waals surface area contributed by atoms with Crippen LogP contribution in [0.15, 0.2) is 47.4 Å². The standard InChI is InChI=1S/C15H16N2O4S/c1-10-6-7-13(9-14(10)15(16)18)22(19,20)17-11-4-3-5-12(8-11)21-2/h3-9,17H,1-2H3,(H2,16,18). The van der Waals surface area contributed by atoms with Gasteiger partial charge < -0.3 is 10.5 Å². The minimum atomic E-state index is -3.82. The molecule has 0 aromatic heterocycles. The third-order valence-electron chi connectivity index (χ3n) is 3.11. The highest BCUT2D eigenvalue weighted by Gasteiger charge is 2.17. The molecule has 3 N–H and O–H groups in total. The van der Waals surface area contributed by atoms with Gasteiger partial charge in [0.2, 0.25) is 5.91 Å².